The highest BCUT2D eigenvalue weighted by atomic mass is 127. The molecule has 2 aromatic carbocycles. The number of para-hydroxylation sites is 1. The number of phenols is 1. The Labute approximate surface area is 119 Å². The van der Waals surface area contributed by atoms with Gasteiger partial charge in [0.15, 0.2) is 0 Å². The molecular formula is C14H12INO2. The third-order valence-corrected chi connectivity index (χ3v) is 3.61. The quantitative estimate of drug-likeness (QED) is 0.812. The molecule has 4 heteroatoms. The van der Waals surface area contributed by atoms with Crippen molar-refractivity contribution in [2.24, 2.45) is 0 Å². The highest BCUT2D eigenvalue weighted by Crippen LogP contribution is 2.22. The van der Waals surface area contributed by atoms with Crippen LogP contribution in [-0.4, -0.2) is 11.0 Å². The molecule has 2 N–H and O–H groups in total. The van der Waals surface area contributed by atoms with E-state index in [1.54, 1.807) is 25.1 Å². The molecule has 0 bridgehead atoms. The normalized spacial score (nSPS) is 10.1. The molecule has 2 aromatic rings. The van der Waals surface area contributed by atoms with Crippen LogP contribution in [0.1, 0.15) is 15.9 Å². The predicted molar refractivity (Wildman–Crippen MR) is 80.0 cm³/mol. The number of phenolic OH excluding ortho intramolecular Hbond substituents is 1. The molecule has 0 fully saturated rings. The van der Waals surface area contributed by atoms with Crippen LogP contribution in [0.2, 0.25) is 0 Å². The van der Waals surface area contributed by atoms with Crippen molar-refractivity contribution in [3.8, 4) is 5.75 Å². The maximum Gasteiger partial charge on any atom is 0.256 e. The Hall–Kier alpha value is -1.56. The lowest BCUT2D eigenvalue weighted by Crippen LogP contribution is -2.14. The third kappa shape index (κ3) is 2.64. The fourth-order valence-electron chi connectivity index (χ4n) is 1.62. The lowest BCUT2D eigenvalue weighted by molar-refractivity contribution is 0.102. The van der Waals surface area contributed by atoms with E-state index in [-0.39, 0.29) is 11.7 Å². The van der Waals surface area contributed by atoms with E-state index in [0.717, 1.165) is 9.26 Å². The zero-order chi connectivity index (χ0) is 13.1. The van der Waals surface area contributed by atoms with Gasteiger partial charge in [-0.1, -0.05) is 18.2 Å². The molecule has 0 saturated carbocycles. The summed E-state index contributed by atoms with van der Waals surface area (Å²) in [6.07, 6.45) is 0. The van der Waals surface area contributed by atoms with Gasteiger partial charge in [-0.05, 0) is 53.8 Å². The van der Waals surface area contributed by atoms with Crippen LogP contribution >= 0.6 is 22.6 Å². The first-order chi connectivity index (χ1) is 8.59. The van der Waals surface area contributed by atoms with Crippen LogP contribution in [0.3, 0.4) is 0 Å². The minimum atomic E-state index is -0.215. The average Bonchev–Trinajstić information content (AvgIpc) is 2.35. The summed E-state index contributed by atoms with van der Waals surface area (Å²) in [4.78, 5) is 12.1. The maximum absolute atomic E-state index is 12.1. The van der Waals surface area contributed by atoms with E-state index in [2.05, 4.69) is 27.9 Å². The summed E-state index contributed by atoms with van der Waals surface area (Å²) in [5.74, 6) is -0.0853. The van der Waals surface area contributed by atoms with Crippen LogP contribution in [0.15, 0.2) is 42.5 Å². The van der Waals surface area contributed by atoms with Crippen molar-refractivity contribution in [2.75, 3.05) is 5.32 Å². The molecule has 0 heterocycles. The Morgan fingerprint density at radius 2 is 1.89 bits per heavy atom. The first-order valence-electron chi connectivity index (χ1n) is 5.44. The van der Waals surface area contributed by atoms with Crippen molar-refractivity contribution in [3.05, 3.63) is 57.2 Å². The monoisotopic (exact) mass is 353 g/mol. The van der Waals surface area contributed by atoms with Crippen LogP contribution in [0.25, 0.3) is 0 Å². The molecule has 0 aliphatic carbocycles. The van der Waals surface area contributed by atoms with E-state index in [4.69, 9.17) is 0 Å². The summed E-state index contributed by atoms with van der Waals surface area (Å²) in [5, 5.41) is 12.4. The molecule has 1 amide bonds. The van der Waals surface area contributed by atoms with Crippen LogP contribution in [0.5, 0.6) is 5.75 Å². The van der Waals surface area contributed by atoms with E-state index in [9.17, 15) is 9.90 Å². The summed E-state index contributed by atoms with van der Waals surface area (Å²) < 4.78 is 0.973. The van der Waals surface area contributed by atoms with E-state index >= 15 is 0 Å². The second-order valence-electron chi connectivity index (χ2n) is 3.88. The summed E-state index contributed by atoms with van der Waals surface area (Å²) in [6, 6.07) is 12.5. The molecule has 0 atom stereocenters. The van der Waals surface area contributed by atoms with Crippen LogP contribution in [-0.2, 0) is 0 Å². The molecular weight excluding hydrogens is 341 g/mol. The fourth-order valence-corrected chi connectivity index (χ4v) is 2.14. The Morgan fingerprint density at radius 1 is 1.17 bits per heavy atom. The molecule has 92 valence electrons. The zero-order valence-corrected chi connectivity index (χ0v) is 11.9. The first-order valence-corrected chi connectivity index (χ1v) is 6.52. The Balaban J connectivity index is 2.28. The van der Waals surface area contributed by atoms with Crippen molar-refractivity contribution < 1.29 is 9.90 Å². The molecule has 0 aliphatic rings. The summed E-state index contributed by atoms with van der Waals surface area (Å²) >= 11 is 2.16. The summed E-state index contributed by atoms with van der Waals surface area (Å²) in [6.45, 7) is 1.72. The van der Waals surface area contributed by atoms with Crippen molar-refractivity contribution in [3.63, 3.8) is 0 Å². The van der Waals surface area contributed by atoms with Gasteiger partial charge in [-0.25, -0.2) is 0 Å². The molecule has 0 aromatic heterocycles. The standard InChI is InChI=1S/C14H12INO2/c1-9-10(5-4-8-13(9)17)14(18)16-12-7-3-2-6-11(12)15/h2-8,17H,1H3,(H,16,18). The molecule has 0 spiro atoms. The van der Waals surface area contributed by atoms with Crippen LogP contribution in [0, 0.1) is 10.5 Å². The summed E-state index contributed by atoms with van der Waals surface area (Å²) in [5.41, 5.74) is 1.83. The largest absolute Gasteiger partial charge is 0.508 e. The first kappa shape index (κ1) is 12.9. The van der Waals surface area contributed by atoms with Crippen molar-refractivity contribution in [2.45, 2.75) is 6.92 Å². The van der Waals surface area contributed by atoms with Crippen LogP contribution in [0.4, 0.5) is 5.69 Å². The van der Waals surface area contributed by atoms with Gasteiger partial charge in [0, 0.05) is 14.7 Å². The Bertz CT molecular complexity index is 596. The maximum atomic E-state index is 12.1. The summed E-state index contributed by atoms with van der Waals surface area (Å²) in [7, 11) is 0. The Morgan fingerprint density at radius 3 is 2.61 bits per heavy atom. The smallest absolute Gasteiger partial charge is 0.256 e. The number of nitrogens with one attached hydrogen (secondary N) is 1. The van der Waals surface area contributed by atoms with Gasteiger partial charge < -0.3 is 10.4 Å². The number of anilines is 1. The van der Waals surface area contributed by atoms with E-state index in [0.29, 0.717) is 11.1 Å². The SMILES string of the molecule is Cc1c(O)cccc1C(=O)Nc1ccccc1I. The number of benzene rings is 2. The Kier molecular flexibility index (Phi) is 3.86. The number of carbonyl (C=O) groups is 1. The average molecular weight is 353 g/mol. The van der Waals surface area contributed by atoms with E-state index in [1.165, 1.54) is 0 Å². The number of amides is 1. The van der Waals surface area contributed by atoms with Gasteiger partial charge in [0.1, 0.15) is 5.75 Å². The van der Waals surface area contributed by atoms with Gasteiger partial charge in [0.2, 0.25) is 0 Å². The predicted octanol–water partition coefficient (Wildman–Crippen LogP) is 3.56. The number of rotatable bonds is 2. The van der Waals surface area contributed by atoms with Gasteiger partial charge >= 0.3 is 0 Å². The molecule has 2 rings (SSSR count). The number of hydrogen-bond donors (Lipinski definition) is 2. The minimum absolute atomic E-state index is 0.130. The second kappa shape index (κ2) is 5.39. The van der Waals surface area contributed by atoms with Crippen molar-refractivity contribution in [1.29, 1.82) is 0 Å². The van der Waals surface area contributed by atoms with Crippen LogP contribution < -0.4 is 5.32 Å². The van der Waals surface area contributed by atoms with Crippen molar-refractivity contribution in [1.82, 2.24) is 0 Å². The lowest BCUT2D eigenvalue weighted by atomic mass is 10.1. The third-order valence-electron chi connectivity index (χ3n) is 2.67. The highest BCUT2D eigenvalue weighted by molar-refractivity contribution is 14.1. The van der Waals surface area contributed by atoms with Gasteiger partial charge in [-0.2, -0.15) is 0 Å². The van der Waals surface area contributed by atoms with E-state index in [1.807, 2.05) is 24.3 Å². The topological polar surface area (TPSA) is 49.3 Å². The zero-order valence-electron chi connectivity index (χ0n) is 9.77. The number of carbonyl (C=O) groups excluding carboxylic acids is 1. The fraction of sp³-hybridized carbons (Fsp3) is 0.0714. The molecule has 0 unspecified atom stereocenters. The molecule has 3 nitrogen and oxygen atoms in total. The second-order valence-corrected chi connectivity index (χ2v) is 5.05. The molecule has 0 radical (unpaired) electrons. The minimum Gasteiger partial charge on any atom is -0.508 e. The van der Waals surface area contributed by atoms with Gasteiger partial charge in [-0.3, -0.25) is 4.79 Å². The molecule has 0 saturated heterocycles. The van der Waals surface area contributed by atoms with E-state index < -0.39 is 0 Å². The van der Waals surface area contributed by atoms with Gasteiger partial charge in [0.25, 0.3) is 5.91 Å². The van der Waals surface area contributed by atoms with Gasteiger partial charge in [-0.15, -0.1) is 0 Å². The van der Waals surface area contributed by atoms with Gasteiger partial charge in [0.05, 0.1) is 5.69 Å². The lowest BCUT2D eigenvalue weighted by Gasteiger charge is -2.09. The number of hydrogen-bond acceptors (Lipinski definition) is 2. The number of aromatic hydroxyl groups is 1. The molecule has 18 heavy (non-hydrogen) atoms. The highest BCUT2D eigenvalue weighted by Gasteiger charge is 2.12. The molecule has 0 aliphatic heterocycles. The number of halogens is 1. The van der Waals surface area contributed by atoms with Crippen molar-refractivity contribution >= 4 is 34.2 Å².